The van der Waals surface area contributed by atoms with Crippen LogP contribution in [0.2, 0.25) is 0 Å². The van der Waals surface area contributed by atoms with E-state index < -0.39 is 17.3 Å². The van der Waals surface area contributed by atoms with Crippen molar-refractivity contribution in [1.29, 1.82) is 0 Å². The summed E-state index contributed by atoms with van der Waals surface area (Å²) in [5.74, 6) is -0.811. The summed E-state index contributed by atoms with van der Waals surface area (Å²) in [6.07, 6.45) is 7.33. The van der Waals surface area contributed by atoms with Crippen molar-refractivity contribution < 1.29 is 29.2 Å². The second-order valence-electron chi connectivity index (χ2n) is 9.90. The van der Waals surface area contributed by atoms with E-state index in [0.717, 1.165) is 19.3 Å². The molecule has 3 aliphatic carbocycles. The van der Waals surface area contributed by atoms with Crippen molar-refractivity contribution in [2.24, 2.45) is 22.7 Å². The quantitative estimate of drug-likeness (QED) is 0.525. The highest BCUT2D eigenvalue weighted by Crippen LogP contribution is 2.62. The maximum Gasteiger partial charge on any atom is 0.305 e. The molecule has 6 nitrogen and oxygen atoms in total. The third-order valence-electron chi connectivity index (χ3n) is 8.34. The van der Waals surface area contributed by atoms with E-state index in [0.29, 0.717) is 38.9 Å². The minimum absolute atomic E-state index is 0.00578. The number of fused-ring (bicyclic) bond motifs is 3. The Morgan fingerprint density at radius 2 is 2.10 bits per heavy atom. The van der Waals surface area contributed by atoms with Crippen LogP contribution in [0.1, 0.15) is 58.8 Å². The van der Waals surface area contributed by atoms with Gasteiger partial charge in [-0.15, -0.1) is 6.58 Å². The Bertz CT molecular complexity index is 710. The van der Waals surface area contributed by atoms with E-state index in [9.17, 15) is 15.0 Å². The largest absolute Gasteiger partial charge is 0.462 e. The fourth-order valence-electron chi connectivity index (χ4n) is 6.71. The minimum atomic E-state index is -0.725. The van der Waals surface area contributed by atoms with E-state index in [1.807, 2.05) is 0 Å². The normalized spacial score (nSPS) is 42.2. The van der Waals surface area contributed by atoms with Crippen molar-refractivity contribution in [1.82, 2.24) is 0 Å². The molecular weight excluding hydrogens is 384 g/mol. The van der Waals surface area contributed by atoms with Crippen LogP contribution in [0.3, 0.4) is 0 Å². The first-order chi connectivity index (χ1) is 14.3. The van der Waals surface area contributed by atoms with Crippen LogP contribution in [-0.2, 0) is 19.0 Å². The van der Waals surface area contributed by atoms with Crippen LogP contribution < -0.4 is 0 Å². The Morgan fingerprint density at radius 1 is 1.37 bits per heavy atom. The number of carbonyl (C=O) groups is 1. The molecule has 1 aliphatic heterocycles. The maximum absolute atomic E-state index is 12.3. The highest BCUT2D eigenvalue weighted by Gasteiger charge is 2.62. The molecule has 1 saturated heterocycles. The Morgan fingerprint density at radius 3 is 2.73 bits per heavy atom. The van der Waals surface area contributed by atoms with Gasteiger partial charge in [0.1, 0.15) is 6.10 Å². The molecule has 2 N–H and O–H groups in total. The van der Waals surface area contributed by atoms with Gasteiger partial charge in [-0.1, -0.05) is 31.6 Å². The minimum Gasteiger partial charge on any atom is -0.462 e. The Balaban J connectivity index is 1.71. The van der Waals surface area contributed by atoms with Gasteiger partial charge in [-0.25, -0.2) is 0 Å². The molecule has 0 aromatic rings. The van der Waals surface area contributed by atoms with Crippen LogP contribution in [0, 0.1) is 22.7 Å². The van der Waals surface area contributed by atoms with Crippen molar-refractivity contribution in [3.05, 3.63) is 24.3 Å². The van der Waals surface area contributed by atoms with E-state index in [1.165, 1.54) is 5.57 Å². The lowest BCUT2D eigenvalue weighted by molar-refractivity contribution is -0.213. The smallest absolute Gasteiger partial charge is 0.305 e. The lowest BCUT2D eigenvalue weighted by Crippen LogP contribution is -2.61. The van der Waals surface area contributed by atoms with Crippen LogP contribution in [0.25, 0.3) is 0 Å². The number of hydrogen-bond acceptors (Lipinski definition) is 6. The Hall–Kier alpha value is -1.21. The summed E-state index contributed by atoms with van der Waals surface area (Å²) in [5, 5.41) is 21.7. The standard InChI is InChI=1S/C24H36O6/c1-4-8-23(15-25)14-18(30-19(26)5-2)20-17(21(23)27)7-6-16-13-24(28-11-12-29-24)10-9-22(16,20)3/h4,6,17-18,20-21,25,27H,1,5,7-15H2,2-3H3/t17-,18+,20-,21+,22+,23-/m0/s1. The molecule has 30 heavy (non-hydrogen) atoms. The number of aliphatic hydroxyl groups is 2. The highest BCUT2D eigenvalue weighted by molar-refractivity contribution is 5.69. The van der Waals surface area contributed by atoms with E-state index in [2.05, 4.69) is 19.6 Å². The van der Waals surface area contributed by atoms with Gasteiger partial charge in [-0.05, 0) is 37.0 Å². The van der Waals surface area contributed by atoms with Gasteiger partial charge in [0, 0.05) is 30.6 Å². The summed E-state index contributed by atoms with van der Waals surface area (Å²) in [6, 6.07) is 0. The second-order valence-corrected chi connectivity index (χ2v) is 9.90. The molecule has 1 spiro atoms. The molecule has 4 rings (SSSR count). The van der Waals surface area contributed by atoms with Crippen molar-refractivity contribution in [3.8, 4) is 0 Å². The third-order valence-corrected chi connectivity index (χ3v) is 8.34. The van der Waals surface area contributed by atoms with Crippen LogP contribution in [0.4, 0.5) is 0 Å². The monoisotopic (exact) mass is 420 g/mol. The van der Waals surface area contributed by atoms with E-state index in [-0.39, 0.29) is 35.9 Å². The summed E-state index contributed by atoms with van der Waals surface area (Å²) < 4.78 is 18.0. The van der Waals surface area contributed by atoms with Gasteiger partial charge in [0.2, 0.25) is 0 Å². The van der Waals surface area contributed by atoms with Gasteiger partial charge in [-0.3, -0.25) is 4.79 Å². The molecule has 0 radical (unpaired) electrons. The van der Waals surface area contributed by atoms with E-state index >= 15 is 0 Å². The Kier molecular flexibility index (Phi) is 5.90. The van der Waals surface area contributed by atoms with Crippen molar-refractivity contribution in [2.45, 2.75) is 76.8 Å². The summed E-state index contributed by atoms with van der Waals surface area (Å²) >= 11 is 0. The number of ether oxygens (including phenoxy) is 3. The van der Waals surface area contributed by atoms with Gasteiger partial charge in [0.25, 0.3) is 0 Å². The summed E-state index contributed by atoms with van der Waals surface area (Å²) in [4.78, 5) is 12.3. The summed E-state index contributed by atoms with van der Waals surface area (Å²) in [6.45, 7) is 9.00. The molecule has 2 saturated carbocycles. The summed E-state index contributed by atoms with van der Waals surface area (Å²) in [5.41, 5.74) is 0.373. The molecule has 1 heterocycles. The lowest BCUT2D eigenvalue weighted by atomic mass is 9.48. The van der Waals surface area contributed by atoms with Gasteiger partial charge in [-0.2, -0.15) is 0 Å². The second kappa shape index (κ2) is 8.05. The molecular formula is C24H36O6. The van der Waals surface area contributed by atoms with Crippen LogP contribution in [-0.4, -0.2) is 54.0 Å². The first-order valence-corrected chi connectivity index (χ1v) is 11.4. The van der Waals surface area contributed by atoms with Crippen molar-refractivity contribution >= 4 is 5.97 Å². The SMILES string of the molecule is C=CC[C@@]1(CO)C[C@@H](OC(=O)CC)[C@@H]2[C@H](CC=C3CC4(CC[C@]32C)OCCO4)[C@H]1O. The zero-order valence-electron chi connectivity index (χ0n) is 18.3. The number of carbonyl (C=O) groups excluding carboxylic acids is 1. The molecule has 0 bridgehead atoms. The van der Waals surface area contributed by atoms with E-state index in [4.69, 9.17) is 14.2 Å². The number of aliphatic hydroxyl groups excluding tert-OH is 2. The van der Waals surface area contributed by atoms with E-state index in [1.54, 1.807) is 13.0 Å². The van der Waals surface area contributed by atoms with Gasteiger partial charge < -0.3 is 24.4 Å². The molecule has 6 atom stereocenters. The first kappa shape index (κ1) is 22.0. The lowest BCUT2D eigenvalue weighted by Gasteiger charge is -2.60. The third kappa shape index (κ3) is 3.36. The highest BCUT2D eigenvalue weighted by atomic mass is 16.7. The van der Waals surface area contributed by atoms with Gasteiger partial charge >= 0.3 is 5.97 Å². The molecule has 3 fully saturated rings. The fraction of sp³-hybridized carbons (Fsp3) is 0.792. The number of esters is 1. The predicted molar refractivity (Wildman–Crippen MR) is 111 cm³/mol. The van der Waals surface area contributed by atoms with Gasteiger partial charge in [0.15, 0.2) is 5.79 Å². The zero-order chi connectivity index (χ0) is 21.6. The summed E-state index contributed by atoms with van der Waals surface area (Å²) in [7, 11) is 0. The van der Waals surface area contributed by atoms with Crippen LogP contribution in [0.5, 0.6) is 0 Å². The molecule has 0 amide bonds. The average Bonchev–Trinajstić information content (AvgIpc) is 3.19. The van der Waals surface area contributed by atoms with Crippen molar-refractivity contribution in [2.75, 3.05) is 19.8 Å². The van der Waals surface area contributed by atoms with Crippen molar-refractivity contribution in [3.63, 3.8) is 0 Å². The average molecular weight is 421 g/mol. The Labute approximate surface area is 179 Å². The molecule has 0 unspecified atom stereocenters. The number of hydrogen-bond donors (Lipinski definition) is 2. The molecule has 168 valence electrons. The molecule has 0 aromatic heterocycles. The van der Waals surface area contributed by atoms with Gasteiger partial charge in [0.05, 0.1) is 25.9 Å². The zero-order valence-corrected chi connectivity index (χ0v) is 18.3. The predicted octanol–water partition coefficient (Wildman–Crippen LogP) is 3.12. The molecule has 4 aliphatic rings. The topological polar surface area (TPSA) is 85.2 Å². The number of allylic oxidation sites excluding steroid dienone is 2. The van der Waals surface area contributed by atoms with Crippen LogP contribution >= 0.6 is 0 Å². The molecule has 6 heteroatoms. The van der Waals surface area contributed by atoms with Crippen LogP contribution in [0.15, 0.2) is 24.3 Å². The fourth-order valence-corrected chi connectivity index (χ4v) is 6.71. The first-order valence-electron chi connectivity index (χ1n) is 11.4. The molecule has 0 aromatic carbocycles. The number of rotatable bonds is 5. The maximum atomic E-state index is 12.3.